The lowest BCUT2D eigenvalue weighted by Crippen LogP contribution is -2.41. The predicted octanol–water partition coefficient (Wildman–Crippen LogP) is 5.18. The van der Waals surface area contributed by atoms with Crippen molar-refractivity contribution >= 4 is 40.0 Å². The van der Waals surface area contributed by atoms with Gasteiger partial charge in [-0.3, -0.25) is 14.2 Å². The normalized spacial score (nSPS) is 12.5. The summed E-state index contributed by atoms with van der Waals surface area (Å²) in [6, 6.07) is 16.5. The molecule has 1 aromatic heterocycles. The van der Waals surface area contributed by atoms with Crippen LogP contribution in [0.5, 0.6) is 0 Å². The summed E-state index contributed by atoms with van der Waals surface area (Å²) in [6.45, 7) is 6.88. The van der Waals surface area contributed by atoms with Crippen LogP contribution in [0.1, 0.15) is 44.6 Å². The third-order valence-corrected chi connectivity index (χ3v) is 5.71. The molecule has 0 fully saturated rings. The van der Waals surface area contributed by atoms with Gasteiger partial charge in [-0.05, 0) is 37.0 Å². The molecule has 0 N–H and O–H groups in total. The van der Waals surface area contributed by atoms with E-state index in [9.17, 15) is 9.59 Å². The Morgan fingerprint density at radius 3 is 2.32 bits per heavy atom. The smallest absolute Gasteiger partial charge is 0.261 e. The number of carbonyl (C=O) groups is 1. The van der Waals surface area contributed by atoms with Crippen LogP contribution in [0.15, 0.2) is 59.4 Å². The van der Waals surface area contributed by atoms with Gasteiger partial charge in [0.05, 0.1) is 23.5 Å². The number of aromatic nitrogens is 2. The van der Waals surface area contributed by atoms with Gasteiger partial charge in [-0.2, -0.15) is 0 Å². The molecule has 0 saturated heterocycles. The van der Waals surface area contributed by atoms with Crippen LogP contribution < -0.4 is 5.56 Å². The second kappa shape index (κ2) is 10.3. The number of carbonyl (C=O) groups excluding carboxylic acids is 1. The van der Waals surface area contributed by atoms with Crippen LogP contribution in [-0.4, -0.2) is 31.7 Å². The lowest BCUT2D eigenvalue weighted by Gasteiger charge is -2.31. The molecule has 0 aliphatic carbocycles. The van der Waals surface area contributed by atoms with Crippen LogP contribution >= 0.6 is 23.2 Å². The van der Waals surface area contributed by atoms with Gasteiger partial charge in [0.15, 0.2) is 4.84 Å². The number of nitrogens with zero attached hydrogens (tertiary/aromatic N) is 3. The molecule has 0 saturated carbocycles. The van der Waals surface area contributed by atoms with Crippen molar-refractivity contribution in [3.05, 3.63) is 76.3 Å². The summed E-state index contributed by atoms with van der Waals surface area (Å²) >= 11 is 11.9. The minimum atomic E-state index is -1.18. The molecule has 0 bridgehead atoms. The zero-order chi connectivity index (χ0) is 22.5. The van der Waals surface area contributed by atoms with E-state index in [1.807, 2.05) is 55.5 Å². The Morgan fingerprint density at radius 1 is 1.03 bits per heavy atom. The molecular formula is C24H27Cl2N3O2. The summed E-state index contributed by atoms with van der Waals surface area (Å²) in [5.74, 6) is 0.520. The van der Waals surface area contributed by atoms with Crippen molar-refractivity contribution in [2.75, 3.05) is 6.54 Å². The van der Waals surface area contributed by atoms with Crippen molar-refractivity contribution in [2.45, 2.75) is 44.6 Å². The molecule has 5 nitrogen and oxygen atoms in total. The molecule has 3 rings (SSSR count). The number of hydrogen-bond donors (Lipinski definition) is 0. The molecule has 1 atom stereocenters. The summed E-state index contributed by atoms with van der Waals surface area (Å²) in [6.07, 6.45) is 0.785. The van der Waals surface area contributed by atoms with Crippen molar-refractivity contribution in [1.29, 1.82) is 0 Å². The van der Waals surface area contributed by atoms with Crippen LogP contribution in [0.3, 0.4) is 0 Å². The highest BCUT2D eigenvalue weighted by atomic mass is 35.5. The first-order valence-corrected chi connectivity index (χ1v) is 11.3. The van der Waals surface area contributed by atoms with Gasteiger partial charge < -0.3 is 4.90 Å². The van der Waals surface area contributed by atoms with Crippen molar-refractivity contribution in [3.8, 4) is 0 Å². The van der Waals surface area contributed by atoms with Crippen LogP contribution in [0.4, 0.5) is 0 Å². The molecular weight excluding hydrogens is 433 g/mol. The standard InChI is InChI=1S/C24H27Cl2N3O2/c1-16(2)13-14-28(24(31)21(25)26)17(3)22-27-20-12-8-7-11-19(20)23(30)29(22)15-18-9-5-4-6-10-18/h4-12,16-17,21H,13-15H2,1-3H3. The largest absolute Gasteiger partial charge is 0.330 e. The van der Waals surface area contributed by atoms with E-state index in [0.29, 0.717) is 35.7 Å². The SMILES string of the molecule is CC(C)CCN(C(=O)C(Cl)Cl)C(C)c1nc2ccccc2c(=O)n1Cc1ccccc1. The first-order valence-electron chi connectivity index (χ1n) is 10.4. The van der Waals surface area contributed by atoms with Gasteiger partial charge in [-0.25, -0.2) is 4.98 Å². The topological polar surface area (TPSA) is 55.2 Å². The number of halogens is 2. The van der Waals surface area contributed by atoms with E-state index < -0.39 is 10.9 Å². The molecule has 1 amide bonds. The Balaban J connectivity index is 2.14. The van der Waals surface area contributed by atoms with Crippen LogP contribution in [-0.2, 0) is 11.3 Å². The average Bonchev–Trinajstić information content (AvgIpc) is 2.75. The number of fused-ring (bicyclic) bond motifs is 1. The third kappa shape index (κ3) is 5.46. The van der Waals surface area contributed by atoms with E-state index in [0.717, 1.165) is 12.0 Å². The van der Waals surface area contributed by atoms with E-state index in [-0.39, 0.29) is 11.5 Å². The fraction of sp³-hybridized carbons (Fsp3) is 0.375. The Morgan fingerprint density at radius 2 is 1.68 bits per heavy atom. The highest BCUT2D eigenvalue weighted by Crippen LogP contribution is 2.24. The second-order valence-electron chi connectivity index (χ2n) is 8.05. The summed E-state index contributed by atoms with van der Waals surface area (Å²) in [5, 5.41) is 0.544. The Kier molecular flexibility index (Phi) is 7.74. The fourth-order valence-corrected chi connectivity index (χ4v) is 3.83. The number of rotatable bonds is 8. The minimum Gasteiger partial charge on any atom is -0.330 e. The maximum absolute atomic E-state index is 13.4. The van der Waals surface area contributed by atoms with Crippen LogP contribution in [0.25, 0.3) is 10.9 Å². The highest BCUT2D eigenvalue weighted by molar-refractivity contribution is 6.53. The molecule has 0 aliphatic heterocycles. The van der Waals surface area contributed by atoms with E-state index in [4.69, 9.17) is 28.2 Å². The first kappa shape index (κ1) is 23.3. The molecule has 0 radical (unpaired) electrons. The molecule has 0 spiro atoms. The van der Waals surface area contributed by atoms with Gasteiger partial charge in [0.25, 0.3) is 11.5 Å². The van der Waals surface area contributed by atoms with Gasteiger partial charge in [-0.15, -0.1) is 0 Å². The third-order valence-electron chi connectivity index (χ3n) is 5.33. The quantitative estimate of drug-likeness (QED) is 0.435. The van der Waals surface area contributed by atoms with E-state index in [1.54, 1.807) is 15.5 Å². The van der Waals surface area contributed by atoms with Gasteiger partial charge in [0.2, 0.25) is 0 Å². The summed E-state index contributed by atoms with van der Waals surface area (Å²) in [7, 11) is 0. The zero-order valence-corrected chi connectivity index (χ0v) is 19.5. The monoisotopic (exact) mass is 459 g/mol. The molecule has 0 aliphatic rings. The van der Waals surface area contributed by atoms with Gasteiger partial charge in [-0.1, -0.05) is 79.5 Å². The second-order valence-corrected chi connectivity index (χ2v) is 9.15. The first-order chi connectivity index (χ1) is 14.8. The maximum atomic E-state index is 13.4. The number of benzene rings is 2. The van der Waals surface area contributed by atoms with Crippen molar-refractivity contribution < 1.29 is 4.79 Å². The number of alkyl halides is 2. The number of amides is 1. The molecule has 164 valence electrons. The molecule has 1 unspecified atom stereocenters. The zero-order valence-electron chi connectivity index (χ0n) is 18.0. The Bertz CT molecular complexity index is 1100. The number of hydrogen-bond acceptors (Lipinski definition) is 3. The lowest BCUT2D eigenvalue weighted by molar-refractivity contribution is -0.131. The van der Waals surface area contributed by atoms with Crippen molar-refractivity contribution in [1.82, 2.24) is 14.5 Å². The summed E-state index contributed by atoms with van der Waals surface area (Å²) in [5.41, 5.74) is 1.44. The predicted molar refractivity (Wildman–Crippen MR) is 127 cm³/mol. The summed E-state index contributed by atoms with van der Waals surface area (Å²) in [4.78, 5) is 31.5. The van der Waals surface area contributed by atoms with E-state index >= 15 is 0 Å². The minimum absolute atomic E-state index is 0.138. The van der Waals surface area contributed by atoms with E-state index in [1.165, 1.54) is 0 Å². The Hall–Kier alpha value is -2.37. The molecule has 2 aromatic carbocycles. The highest BCUT2D eigenvalue weighted by Gasteiger charge is 2.29. The van der Waals surface area contributed by atoms with Gasteiger partial charge in [0.1, 0.15) is 5.82 Å². The molecule has 31 heavy (non-hydrogen) atoms. The van der Waals surface area contributed by atoms with Crippen molar-refractivity contribution in [2.24, 2.45) is 5.92 Å². The lowest BCUT2D eigenvalue weighted by atomic mass is 10.1. The van der Waals surface area contributed by atoms with Crippen molar-refractivity contribution in [3.63, 3.8) is 0 Å². The molecule has 3 aromatic rings. The van der Waals surface area contributed by atoms with Crippen LogP contribution in [0, 0.1) is 5.92 Å². The maximum Gasteiger partial charge on any atom is 0.261 e. The average molecular weight is 460 g/mol. The summed E-state index contributed by atoms with van der Waals surface area (Å²) < 4.78 is 1.65. The Labute approximate surface area is 192 Å². The van der Waals surface area contributed by atoms with Crippen LogP contribution in [0.2, 0.25) is 0 Å². The van der Waals surface area contributed by atoms with Gasteiger partial charge in [0, 0.05) is 6.54 Å². The number of para-hydroxylation sites is 1. The molecule has 7 heteroatoms. The fourth-order valence-electron chi connectivity index (χ4n) is 3.58. The molecule has 1 heterocycles. The van der Waals surface area contributed by atoms with E-state index in [2.05, 4.69) is 13.8 Å². The van der Waals surface area contributed by atoms with Gasteiger partial charge >= 0.3 is 0 Å².